The van der Waals surface area contributed by atoms with E-state index >= 15 is 0 Å². The van der Waals surface area contributed by atoms with Gasteiger partial charge in [0.1, 0.15) is 0 Å². The Balaban J connectivity index is 2.39. The van der Waals surface area contributed by atoms with E-state index < -0.39 is 5.97 Å². The molecule has 1 fully saturated rings. The second-order valence-corrected chi connectivity index (χ2v) is 2.41. The minimum atomic E-state index is -0.737. The second-order valence-electron chi connectivity index (χ2n) is 2.41. The average Bonchev–Trinajstić information content (AvgIpc) is 2.14. The first-order valence-corrected chi connectivity index (χ1v) is 3.04. The summed E-state index contributed by atoms with van der Waals surface area (Å²) >= 11 is 0. The van der Waals surface area contributed by atoms with Crippen molar-refractivity contribution in [3.63, 3.8) is 0 Å². The van der Waals surface area contributed by atoms with Crippen LogP contribution in [0, 0.1) is 5.92 Å². The maximum absolute atomic E-state index is 10.3. The SMILES string of the molecule is C[C@@H]1C[C@H](C(=O)O)CO1. The highest BCUT2D eigenvalue weighted by molar-refractivity contribution is 5.70. The lowest BCUT2D eigenvalue weighted by atomic mass is 10.1. The third-order valence-electron chi connectivity index (χ3n) is 1.55. The maximum atomic E-state index is 10.3. The largest absolute Gasteiger partial charge is 0.481 e. The summed E-state index contributed by atoms with van der Waals surface area (Å²) in [5.74, 6) is -1.00. The Morgan fingerprint density at radius 3 is 2.67 bits per heavy atom. The van der Waals surface area contributed by atoms with Gasteiger partial charge in [0.05, 0.1) is 18.6 Å². The molecule has 3 nitrogen and oxygen atoms in total. The van der Waals surface area contributed by atoms with E-state index in [1.165, 1.54) is 0 Å². The van der Waals surface area contributed by atoms with Gasteiger partial charge in [0, 0.05) is 0 Å². The molecule has 0 aliphatic carbocycles. The van der Waals surface area contributed by atoms with Crippen LogP contribution in [0.15, 0.2) is 0 Å². The number of ether oxygens (including phenoxy) is 1. The molecule has 0 bridgehead atoms. The Morgan fingerprint density at radius 2 is 2.44 bits per heavy atom. The number of carbonyl (C=O) groups is 1. The molecule has 9 heavy (non-hydrogen) atoms. The van der Waals surface area contributed by atoms with Crippen molar-refractivity contribution in [1.29, 1.82) is 0 Å². The smallest absolute Gasteiger partial charge is 0.308 e. The Hall–Kier alpha value is -0.570. The molecule has 1 rings (SSSR count). The van der Waals surface area contributed by atoms with Gasteiger partial charge in [-0.05, 0) is 13.3 Å². The van der Waals surface area contributed by atoms with Crippen LogP contribution in [0.4, 0.5) is 0 Å². The summed E-state index contributed by atoms with van der Waals surface area (Å²) in [4.78, 5) is 10.3. The molecule has 0 radical (unpaired) electrons. The molecule has 0 aromatic rings. The van der Waals surface area contributed by atoms with Crippen LogP contribution < -0.4 is 0 Å². The Kier molecular flexibility index (Phi) is 1.71. The van der Waals surface area contributed by atoms with Crippen molar-refractivity contribution in [2.24, 2.45) is 5.92 Å². The number of aliphatic carboxylic acids is 1. The van der Waals surface area contributed by atoms with Crippen molar-refractivity contribution in [2.75, 3.05) is 6.61 Å². The van der Waals surface area contributed by atoms with E-state index in [9.17, 15) is 4.79 Å². The van der Waals surface area contributed by atoms with E-state index in [0.29, 0.717) is 13.0 Å². The molecule has 1 saturated heterocycles. The number of carboxylic acid groups (broad SMARTS) is 1. The number of carboxylic acids is 1. The molecule has 0 aromatic heterocycles. The topological polar surface area (TPSA) is 46.5 Å². The van der Waals surface area contributed by atoms with Gasteiger partial charge in [-0.15, -0.1) is 0 Å². The summed E-state index contributed by atoms with van der Waals surface area (Å²) in [5, 5.41) is 8.45. The second kappa shape index (κ2) is 2.35. The van der Waals surface area contributed by atoms with Gasteiger partial charge in [-0.3, -0.25) is 4.79 Å². The monoisotopic (exact) mass is 130 g/mol. The molecule has 1 heterocycles. The predicted molar refractivity (Wildman–Crippen MR) is 31.2 cm³/mol. The predicted octanol–water partition coefficient (Wildman–Crippen LogP) is 0.496. The van der Waals surface area contributed by atoms with E-state index in [4.69, 9.17) is 9.84 Å². The number of hydrogen-bond donors (Lipinski definition) is 1. The van der Waals surface area contributed by atoms with Crippen LogP contribution in [0.2, 0.25) is 0 Å². The van der Waals surface area contributed by atoms with Crippen molar-refractivity contribution in [1.82, 2.24) is 0 Å². The van der Waals surface area contributed by atoms with Crippen LogP contribution in [-0.4, -0.2) is 23.8 Å². The molecule has 52 valence electrons. The first kappa shape index (κ1) is 6.55. The van der Waals surface area contributed by atoms with Crippen molar-refractivity contribution in [2.45, 2.75) is 19.4 Å². The third kappa shape index (κ3) is 1.42. The van der Waals surface area contributed by atoms with E-state index in [-0.39, 0.29) is 12.0 Å². The zero-order valence-electron chi connectivity index (χ0n) is 5.33. The lowest BCUT2D eigenvalue weighted by Gasteiger charge is -1.96. The summed E-state index contributed by atoms with van der Waals surface area (Å²) in [6.45, 7) is 2.28. The van der Waals surface area contributed by atoms with Gasteiger partial charge in [-0.1, -0.05) is 0 Å². The van der Waals surface area contributed by atoms with Gasteiger partial charge in [0.25, 0.3) is 0 Å². The van der Waals surface area contributed by atoms with Crippen LogP contribution >= 0.6 is 0 Å². The summed E-state index contributed by atoms with van der Waals surface area (Å²) in [5.41, 5.74) is 0. The van der Waals surface area contributed by atoms with Crippen LogP contribution in [0.3, 0.4) is 0 Å². The van der Waals surface area contributed by atoms with Crippen molar-refractivity contribution >= 4 is 5.97 Å². The Labute approximate surface area is 53.6 Å². The minimum Gasteiger partial charge on any atom is -0.481 e. The van der Waals surface area contributed by atoms with Crippen molar-refractivity contribution in [3.8, 4) is 0 Å². The molecule has 0 unspecified atom stereocenters. The van der Waals surface area contributed by atoms with Crippen LogP contribution in [0.1, 0.15) is 13.3 Å². The summed E-state index contributed by atoms with van der Waals surface area (Å²) < 4.78 is 5.05. The highest BCUT2D eigenvalue weighted by Crippen LogP contribution is 2.18. The molecule has 1 N–H and O–H groups in total. The summed E-state index contributed by atoms with van der Waals surface area (Å²) in [6, 6.07) is 0. The number of rotatable bonds is 1. The lowest BCUT2D eigenvalue weighted by molar-refractivity contribution is -0.141. The fraction of sp³-hybridized carbons (Fsp3) is 0.833. The van der Waals surface area contributed by atoms with E-state index in [1.807, 2.05) is 6.92 Å². The van der Waals surface area contributed by atoms with Crippen LogP contribution in [-0.2, 0) is 9.53 Å². The molecule has 0 spiro atoms. The highest BCUT2D eigenvalue weighted by atomic mass is 16.5. The minimum absolute atomic E-state index is 0.131. The normalized spacial score (nSPS) is 34.8. The molecule has 0 amide bonds. The van der Waals surface area contributed by atoms with Gasteiger partial charge >= 0.3 is 5.97 Å². The van der Waals surface area contributed by atoms with E-state index in [1.54, 1.807) is 0 Å². The standard InChI is InChI=1S/C6H10O3/c1-4-2-5(3-9-4)6(7)8/h4-5H,2-3H2,1H3,(H,7,8)/t4-,5+/m1/s1. The first-order valence-electron chi connectivity index (χ1n) is 3.04. The fourth-order valence-electron chi connectivity index (χ4n) is 0.989. The van der Waals surface area contributed by atoms with E-state index in [2.05, 4.69) is 0 Å². The fourth-order valence-corrected chi connectivity index (χ4v) is 0.989. The zero-order valence-corrected chi connectivity index (χ0v) is 5.33. The molecule has 2 atom stereocenters. The number of hydrogen-bond acceptors (Lipinski definition) is 2. The molecular formula is C6H10O3. The first-order chi connectivity index (χ1) is 4.20. The molecule has 1 aliphatic rings. The quantitative estimate of drug-likeness (QED) is 0.562. The Bertz CT molecular complexity index is 121. The third-order valence-corrected chi connectivity index (χ3v) is 1.55. The molecule has 0 saturated carbocycles. The van der Waals surface area contributed by atoms with Gasteiger partial charge in [-0.25, -0.2) is 0 Å². The van der Waals surface area contributed by atoms with Gasteiger partial charge in [0.15, 0.2) is 0 Å². The lowest BCUT2D eigenvalue weighted by Crippen LogP contribution is -2.12. The Morgan fingerprint density at radius 1 is 1.78 bits per heavy atom. The van der Waals surface area contributed by atoms with Crippen molar-refractivity contribution < 1.29 is 14.6 Å². The van der Waals surface area contributed by atoms with Crippen LogP contribution in [0.25, 0.3) is 0 Å². The van der Waals surface area contributed by atoms with E-state index in [0.717, 1.165) is 0 Å². The highest BCUT2D eigenvalue weighted by Gasteiger charge is 2.27. The van der Waals surface area contributed by atoms with Gasteiger partial charge < -0.3 is 9.84 Å². The zero-order chi connectivity index (χ0) is 6.85. The molecule has 1 aliphatic heterocycles. The van der Waals surface area contributed by atoms with Crippen molar-refractivity contribution in [3.05, 3.63) is 0 Å². The molecule has 3 heteroatoms. The van der Waals surface area contributed by atoms with Gasteiger partial charge in [0.2, 0.25) is 0 Å². The van der Waals surface area contributed by atoms with Gasteiger partial charge in [-0.2, -0.15) is 0 Å². The average molecular weight is 130 g/mol. The van der Waals surface area contributed by atoms with Crippen LogP contribution in [0.5, 0.6) is 0 Å². The molecule has 0 aromatic carbocycles. The maximum Gasteiger partial charge on any atom is 0.308 e. The summed E-state index contributed by atoms with van der Waals surface area (Å²) in [6.07, 6.45) is 0.793. The molecular weight excluding hydrogens is 120 g/mol. The summed E-state index contributed by atoms with van der Waals surface area (Å²) in [7, 11) is 0.